The van der Waals surface area contributed by atoms with Gasteiger partial charge in [-0.3, -0.25) is 0 Å². The topological polar surface area (TPSA) is 9.23 Å². The molecule has 0 bridgehead atoms. The minimum Gasteiger partial charge on any atom is -0.490 e. The fourth-order valence-electron chi connectivity index (χ4n) is 3.04. The van der Waals surface area contributed by atoms with E-state index in [2.05, 4.69) is 6.92 Å². The third-order valence-electron chi connectivity index (χ3n) is 4.38. The van der Waals surface area contributed by atoms with Crippen LogP contribution in [-0.4, -0.2) is 6.61 Å². The minimum absolute atomic E-state index is 0.0452. The standard InChI is InChI=1S/C17H24F2O/c1-3-4-13-6-8-14(9-7-13)11-20-15-10-5-12(2)16(18)17(15)19/h5,10,13-14H,3-4,6-9,11H2,1-2H3. The summed E-state index contributed by atoms with van der Waals surface area (Å²) < 4.78 is 32.6. The van der Waals surface area contributed by atoms with Crippen LogP contribution in [0.5, 0.6) is 5.75 Å². The molecule has 0 aliphatic heterocycles. The van der Waals surface area contributed by atoms with E-state index < -0.39 is 11.6 Å². The Labute approximate surface area is 120 Å². The number of hydrogen-bond donors (Lipinski definition) is 0. The predicted molar refractivity (Wildman–Crippen MR) is 76.9 cm³/mol. The third-order valence-corrected chi connectivity index (χ3v) is 4.38. The first-order valence-corrected chi connectivity index (χ1v) is 7.69. The van der Waals surface area contributed by atoms with Crippen LogP contribution in [0.4, 0.5) is 8.78 Å². The van der Waals surface area contributed by atoms with E-state index in [1.54, 1.807) is 13.0 Å². The van der Waals surface area contributed by atoms with Crippen LogP contribution in [0, 0.1) is 30.4 Å². The highest BCUT2D eigenvalue weighted by atomic mass is 19.2. The molecule has 0 saturated heterocycles. The summed E-state index contributed by atoms with van der Waals surface area (Å²) in [7, 11) is 0. The SMILES string of the molecule is CCCC1CCC(COc2ccc(C)c(F)c2F)CC1. The summed E-state index contributed by atoms with van der Waals surface area (Å²) in [6, 6.07) is 3.09. The zero-order chi connectivity index (χ0) is 14.5. The summed E-state index contributed by atoms with van der Waals surface area (Å²) in [5, 5.41) is 0. The fraction of sp³-hybridized carbons (Fsp3) is 0.647. The molecule has 0 atom stereocenters. The second kappa shape index (κ2) is 7.05. The summed E-state index contributed by atoms with van der Waals surface area (Å²) in [4.78, 5) is 0. The van der Waals surface area contributed by atoms with Gasteiger partial charge in [0.1, 0.15) is 0 Å². The van der Waals surface area contributed by atoms with Crippen LogP contribution in [0.25, 0.3) is 0 Å². The Kier molecular flexibility index (Phi) is 5.38. The second-order valence-electron chi connectivity index (χ2n) is 5.99. The van der Waals surface area contributed by atoms with Gasteiger partial charge in [0.05, 0.1) is 6.61 Å². The summed E-state index contributed by atoms with van der Waals surface area (Å²) in [5.74, 6) is -0.278. The van der Waals surface area contributed by atoms with Crippen molar-refractivity contribution in [2.75, 3.05) is 6.61 Å². The minimum atomic E-state index is -0.857. The monoisotopic (exact) mass is 282 g/mol. The zero-order valence-electron chi connectivity index (χ0n) is 12.4. The van der Waals surface area contributed by atoms with Gasteiger partial charge in [-0.25, -0.2) is 4.39 Å². The Morgan fingerprint density at radius 1 is 1.05 bits per heavy atom. The molecule has 2 rings (SSSR count). The quantitative estimate of drug-likeness (QED) is 0.716. The van der Waals surface area contributed by atoms with Crippen molar-refractivity contribution < 1.29 is 13.5 Å². The van der Waals surface area contributed by atoms with Crippen LogP contribution in [0.15, 0.2) is 12.1 Å². The molecule has 0 amide bonds. The van der Waals surface area contributed by atoms with Gasteiger partial charge in [0.25, 0.3) is 0 Å². The largest absolute Gasteiger partial charge is 0.490 e. The average Bonchev–Trinajstić information content (AvgIpc) is 2.46. The van der Waals surface area contributed by atoms with Crippen molar-refractivity contribution in [2.24, 2.45) is 11.8 Å². The molecule has 1 aliphatic rings. The smallest absolute Gasteiger partial charge is 0.200 e. The molecule has 3 heteroatoms. The van der Waals surface area contributed by atoms with E-state index in [1.165, 1.54) is 31.7 Å². The average molecular weight is 282 g/mol. The van der Waals surface area contributed by atoms with E-state index in [-0.39, 0.29) is 5.75 Å². The van der Waals surface area contributed by atoms with E-state index in [9.17, 15) is 8.78 Å². The highest BCUT2D eigenvalue weighted by Crippen LogP contribution is 2.32. The van der Waals surface area contributed by atoms with Gasteiger partial charge in [0, 0.05) is 0 Å². The van der Waals surface area contributed by atoms with Crippen LogP contribution in [-0.2, 0) is 0 Å². The number of aryl methyl sites for hydroxylation is 1. The highest BCUT2D eigenvalue weighted by Gasteiger charge is 2.21. The van der Waals surface area contributed by atoms with Crippen LogP contribution < -0.4 is 4.74 Å². The Hall–Kier alpha value is -1.12. The molecule has 1 aliphatic carbocycles. The number of halogens is 2. The molecule has 0 spiro atoms. The lowest BCUT2D eigenvalue weighted by Crippen LogP contribution is -2.20. The van der Waals surface area contributed by atoms with Gasteiger partial charge in [0.2, 0.25) is 5.82 Å². The molecule has 0 radical (unpaired) electrons. The molecule has 1 saturated carbocycles. The molecule has 1 aromatic rings. The summed E-state index contributed by atoms with van der Waals surface area (Å²) in [6.07, 6.45) is 7.32. The van der Waals surface area contributed by atoms with Gasteiger partial charge in [-0.2, -0.15) is 4.39 Å². The third kappa shape index (κ3) is 3.71. The molecule has 20 heavy (non-hydrogen) atoms. The van der Waals surface area contributed by atoms with E-state index in [4.69, 9.17) is 4.74 Å². The second-order valence-corrected chi connectivity index (χ2v) is 5.99. The Morgan fingerprint density at radius 2 is 1.70 bits per heavy atom. The molecule has 0 aromatic heterocycles. The molecule has 0 unspecified atom stereocenters. The molecule has 0 heterocycles. The molecule has 0 N–H and O–H groups in total. The van der Waals surface area contributed by atoms with Crippen molar-refractivity contribution in [2.45, 2.75) is 52.4 Å². The van der Waals surface area contributed by atoms with Crippen molar-refractivity contribution >= 4 is 0 Å². The molecular formula is C17H24F2O. The van der Waals surface area contributed by atoms with Gasteiger partial charge in [0.15, 0.2) is 11.6 Å². The fourth-order valence-corrected chi connectivity index (χ4v) is 3.04. The van der Waals surface area contributed by atoms with Crippen molar-refractivity contribution in [1.82, 2.24) is 0 Å². The maximum absolute atomic E-state index is 13.7. The number of benzene rings is 1. The van der Waals surface area contributed by atoms with Crippen LogP contribution in [0.3, 0.4) is 0 Å². The zero-order valence-corrected chi connectivity index (χ0v) is 12.4. The Balaban J connectivity index is 1.83. The maximum Gasteiger partial charge on any atom is 0.200 e. The Bertz CT molecular complexity index is 437. The highest BCUT2D eigenvalue weighted by molar-refractivity contribution is 5.30. The van der Waals surface area contributed by atoms with Crippen LogP contribution >= 0.6 is 0 Å². The van der Waals surface area contributed by atoms with Crippen molar-refractivity contribution in [1.29, 1.82) is 0 Å². The molecular weight excluding hydrogens is 258 g/mol. The molecule has 1 fully saturated rings. The maximum atomic E-state index is 13.7. The van der Waals surface area contributed by atoms with Gasteiger partial charge < -0.3 is 4.74 Å². The van der Waals surface area contributed by atoms with Gasteiger partial charge in [-0.05, 0) is 43.2 Å². The van der Waals surface area contributed by atoms with Crippen molar-refractivity contribution in [3.05, 3.63) is 29.3 Å². The first-order valence-electron chi connectivity index (χ1n) is 7.69. The lowest BCUT2D eigenvalue weighted by atomic mass is 9.80. The van der Waals surface area contributed by atoms with E-state index >= 15 is 0 Å². The molecule has 1 aromatic carbocycles. The van der Waals surface area contributed by atoms with E-state index in [1.807, 2.05) is 0 Å². The molecule has 1 nitrogen and oxygen atoms in total. The van der Waals surface area contributed by atoms with E-state index in [0.717, 1.165) is 18.8 Å². The van der Waals surface area contributed by atoms with Gasteiger partial charge >= 0.3 is 0 Å². The summed E-state index contributed by atoms with van der Waals surface area (Å²) in [6.45, 7) is 4.28. The number of rotatable bonds is 5. The first-order chi connectivity index (χ1) is 9.61. The van der Waals surface area contributed by atoms with Crippen molar-refractivity contribution in [3.63, 3.8) is 0 Å². The number of hydrogen-bond acceptors (Lipinski definition) is 1. The lowest BCUT2D eigenvalue weighted by molar-refractivity contribution is 0.173. The molecule has 112 valence electrons. The van der Waals surface area contributed by atoms with Gasteiger partial charge in [-0.15, -0.1) is 0 Å². The summed E-state index contributed by atoms with van der Waals surface area (Å²) in [5.41, 5.74) is 0.315. The summed E-state index contributed by atoms with van der Waals surface area (Å²) >= 11 is 0. The van der Waals surface area contributed by atoms with Crippen LogP contribution in [0.2, 0.25) is 0 Å². The Morgan fingerprint density at radius 3 is 2.35 bits per heavy atom. The number of ether oxygens (including phenoxy) is 1. The normalized spacial score (nSPS) is 22.8. The van der Waals surface area contributed by atoms with Crippen molar-refractivity contribution in [3.8, 4) is 5.75 Å². The van der Waals surface area contributed by atoms with Crippen LogP contribution in [0.1, 0.15) is 51.0 Å². The predicted octanol–water partition coefficient (Wildman–Crippen LogP) is 5.26. The van der Waals surface area contributed by atoms with Gasteiger partial charge in [-0.1, -0.05) is 38.7 Å². The first kappa shape index (κ1) is 15.3. The van der Waals surface area contributed by atoms with E-state index in [0.29, 0.717) is 18.1 Å². The lowest BCUT2D eigenvalue weighted by Gasteiger charge is -2.28.